The zero-order valence-electron chi connectivity index (χ0n) is 54.4. The van der Waals surface area contributed by atoms with Crippen molar-refractivity contribution in [2.24, 2.45) is 0 Å². The Kier molecular flexibility index (Phi) is 46.4. The number of piperazine rings is 1. The molecule has 0 radical (unpaired) electrons. The summed E-state index contributed by atoms with van der Waals surface area (Å²) in [5, 5.41) is 4.61. The Balaban J connectivity index is 0.000000984. The van der Waals surface area contributed by atoms with Crippen LogP contribution in [0.15, 0.2) is 448 Å². The number of pyridine rings is 1. The molecule has 8 nitrogen and oxygen atoms in total. The molecule has 0 aromatic carbocycles. The van der Waals surface area contributed by atoms with E-state index >= 15 is 0 Å². The fourth-order valence-corrected chi connectivity index (χ4v) is 6.46. The topological polar surface area (TPSA) is 87.7 Å². The maximum absolute atomic E-state index is 12.6. The van der Waals surface area contributed by atoms with Gasteiger partial charge in [-0.05, 0) is 154 Å². The highest BCUT2D eigenvalue weighted by Crippen LogP contribution is 2.29. The summed E-state index contributed by atoms with van der Waals surface area (Å²) in [7, 11) is 0. The number of hydrogen-bond acceptors (Lipinski definition) is 7. The van der Waals surface area contributed by atoms with Gasteiger partial charge in [0.1, 0.15) is 11.3 Å². The standard InChI is InChI=1S/C73H4.C20H26BrN5O3S/c1-3-5-7-9-11-13-15-17-19-21-23-25-27-29-31-33-35-37-39-41-43-45-47-49-51-53-55-57-59-61-63-65-67-69-71-73-72-70-68-66-64-62-60-58-56-54-52-50-48-46-44-42-40-38-36-34-32-30-28-26-24-22-20-18-16-14-12-10-8-6-4-2;1-5-13-11-25(8-9-26(13)19(28)29-20(2,3)4)16-6-7-22-10-14(16)23-17(27)15-12-30-18(21)24-15/h1-2H2;6-7,10,12-13H,5,8-9,11H2,1-4H3,(H,23,27)/t;13-/m.0/s1. The van der Waals surface area contributed by atoms with E-state index in [1.165, 1.54) is 11.3 Å². The molecular formula is C93H30BrN5O3S. The van der Waals surface area contributed by atoms with Crippen molar-refractivity contribution < 1.29 is 14.3 Å². The molecule has 1 aliphatic rings. The Hall–Kier alpha value is -18.1. The molecule has 0 saturated carbocycles. The molecule has 1 atom stereocenters. The number of thiazole rings is 1. The van der Waals surface area contributed by atoms with Crippen molar-refractivity contribution in [2.75, 3.05) is 29.9 Å². The molecule has 10 heteroatoms. The molecular weight excluding hydrogens is 1350 g/mol. The number of ether oxygens (including phenoxy) is 1. The summed E-state index contributed by atoms with van der Waals surface area (Å²) < 4.78 is 6.22. The van der Waals surface area contributed by atoms with Crippen LogP contribution < -0.4 is 10.2 Å². The lowest BCUT2D eigenvalue weighted by atomic mass is 10.1. The average molecular weight is 1380 g/mol. The highest BCUT2D eigenvalue weighted by Gasteiger charge is 2.33. The van der Waals surface area contributed by atoms with Gasteiger partial charge in [-0.15, -0.1) is 11.3 Å². The van der Waals surface area contributed by atoms with Crippen LogP contribution >= 0.6 is 27.3 Å². The molecule has 1 saturated heterocycles. The van der Waals surface area contributed by atoms with Gasteiger partial charge in [0.2, 0.25) is 0 Å². The third-order valence-electron chi connectivity index (χ3n) is 9.10. The number of carbonyl (C=O) groups is 2. The minimum absolute atomic E-state index is 0.0137. The minimum atomic E-state index is -0.528. The van der Waals surface area contributed by atoms with Gasteiger partial charge in [0, 0.05) is 335 Å². The first kappa shape index (κ1) is 81.0. The van der Waals surface area contributed by atoms with E-state index in [1.54, 1.807) is 22.7 Å². The Bertz CT molecular complexity index is 6620. The van der Waals surface area contributed by atoms with Gasteiger partial charge < -0.3 is 19.9 Å². The highest BCUT2D eigenvalue weighted by molar-refractivity contribution is 9.11. The monoisotopic (exact) mass is 1380 g/mol. The summed E-state index contributed by atoms with van der Waals surface area (Å²) in [6.07, 6.45) is 3.85. The summed E-state index contributed by atoms with van der Waals surface area (Å²) in [5.74, 6) is -0.286. The van der Waals surface area contributed by atoms with Gasteiger partial charge >= 0.3 is 6.09 Å². The smallest absolute Gasteiger partial charge is 0.410 e. The number of amides is 2. The molecule has 1 aliphatic heterocycles. The van der Waals surface area contributed by atoms with E-state index in [0.29, 0.717) is 34.9 Å². The maximum atomic E-state index is 12.6. The summed E-state index contributed by atoms with van der Waals surface area (Å²) in [6, 6.07) is 1.89. The van der Waals surface area contributed by atoms with Crippen LogP contribution in [0.25, 0.3) is 0 Å². The van der Waals surface area contributed by atoms with E-state index in [1.807, 2.05) is 26.8 Å². The molecule has 3 rings (SSSR count). The molecule has 1 fully saturated rings. The Morgan fingerprint density at radius 2 is 0.699 bits per heavy atom. The van der Waals surface area contributed by atoms with Crippen molar-refractivity contribution in [3.05, 3.63) is 454 Å². The molecule has 1 N–H and O–H groups in total. The Morgan fingerprint density at radius 3 is 0.913 bits per heavy atom. The molecule has 2 aromatic rings. The van der Waals surface area contributed by atoms with Crippen molar-refractivity contribution in [2.45, 2.75) is 45.8 Å². The van der Waals surface area contributed by atoms with E-state index in [-0.39, 0.29) is 18.0 Å². The normalized spacial score (nSPS) is 7.76. The van der Waals surface area contributed by atoms with Crippen LogP contribution in [0.3, 0.4) is 0 Å². The zero-order chi connectivity index (χ0) is 74.1. The second-order valence-corrected chi connectivity index (χ2v) is 19.1. The van der Waals surface area contributed by atoms with Crippen LogP contribution in [-0.2, 0) is 4.74 Å². The summed E-state index contributed by atoms with van der Waals surface area (Å²) >= 11 is 4.63. The predicted molar refractivity (Wildman–Crippen MR) is 382 cm³/mol. The number of nitrogens with zero attached hydrogens (tertiary/aromatic N) is 4. The second kappa shape index (κ2) is 59.0. The van der Waals surface area contributed by atoms with Crippen LogP contribution in [0.5, 0.6) is 0 Å². The first-order valence-electron chi connectivity index (χ1n) is 28.0. The fourth-order valence-electron chi connectivity index (χ4n) is 5.47. The van der Waals surface area contributed by atoms with E-state index < -0.39 is 5.60 Å². The van der Waals surface area contributed by atoms with Crippen LogP contribution in [0.1, 0.15) is 44.6 Å². The molecule has 3 heterocycles. The average Bonchev–Trinajstić information content (AvgIpc) is 1.16. The van der Waals surface area contributed by atoms with E-state index in [4.69, 9.17) is 4.74 Å². The van der Waals surface area contributed by atoms with Gasteiger partial charge in [-0.1, -0.05) is 18.4 Å². The first-order valence-corrected chi connectivity index (χ1v) is 29.7. The van der Waals surface area contributed by atoms with Crippen molar-refractivity contribution in [1.82, 2.24) is 14.9 Å². The number of aromatic nitrogens is 2. The van der Waals surface area contributed by atoms with Crippen LogP contribution in [-0.4, -0.2) is 58.1 Å². The lowest BCUT2D eigenvalue weighted by molar-refractivity contribution is 0.0136. The lowest BCUT2D eigenvalue weighted by Crippen LogP contribution is -2.56. The molecule has 103 heavy (non-hydrogen) atoms. The third kappa shape index (κ3) is 48.4. The quantitative estimate of drug-likeness (QED) is 0.307. The molecule has 2 aromatic heterocycles. The largest absolute Gasteiger partial charge is 0.444 e. The molecule has 0 bridgehead atoms. The third-order valence-corrected chi connectivity index (χ3v) is 10.5. The molecule has 0 spiro atoms. The molecule has 458 valence electrons. The SMILES string of the molecule is C=C=C=C=C=C=C=C=C=C=C=C=C=C=C=C=C=C=C=C=C=C=C=C=C=C=C=C=C=C=C=C=C=C=C=C=C=C=C=C=C=C=C=C=C=C=C=C=C=C=C=C=C=C=C=C=C=C=C=C=C=C=C=C=C=C=C=C=C=C=C=C=C.CC[C@H]1CN(c2ccncc2NC(=O)c2csc(Br)n2)CCN1C(=O)OC(C)(C)C. The second-order valence-electron chi connectivity index (χ2n) is 17.0. The number of anilines is 2. The van der Waals surface area contributed by atoms with Crippen molar-refractivity contribution in [3.63, 3.8) is 0 Å². The van der Waals surface area contributed by atoms with Crippen molar-refractivity contribution >= 4 is 50.6 Å². The first-order chi connectivity index (χ1) is 50.6. The van der Waals surface area contributed by atoms with Gasteiger partial charge in [-0.3, -0.25) is 9.78 Å². The van der Waals surface area contributed by atoms with E-state index in [9.17, 15) is 9.59 Å². The van der Waals surface area contributed by atoms with Gasteiger partial charge in [0.25, 0.3) is 5.91 Å². The minimum Gasteiger partial charge on any atom is -0.444 e. The summed E-state index contributed by atoms with van der Waals surface area (Å²) in [5.41, 5.74) is 178. The molecule has 2 amide bonds. The number of halogens is 1. The fraction of sp³-hybridized carbons (Fsp3) is 0.108. The van der Waals surface area contributed by atoms with Gasteiger partial charge in [0.15, 0.2) is 3.92 Å². The number of hydrogen-bond donors (Lipinski definition) is 1. The molecule has 0 aliphatic carbocycles. The summed E-state index contributed by atoms with van der Waals surface area (Å²) in [4.78, 5) is 37.5. The Morgan fingerprint density at radius 1 is 0.447 bits per heavy atom. The maximum Gasteiger partial charge on any atom is 0.410 e. The Labute approximate surface area is 604 Å². The van der Waals surface area contributed by atoms with E-state index in [2.05, 4.69) is 463 Å². The van der Waals surface area contributed by atoms with Gasteiger partial charge in [-0.25, -0.2) is 9.78 Å². The van der Waals surface area contributed by atoms with Crippen molar-refractivity contribution in [1.29, 1.82) is 0 Å². The number of carbonyl (C=O) groups excluding carboxylic acids is 2. The predicted octanol–water partition coefficient (Wildman–Crippen LogP) is 16.2. The van der Waals surface area contributed by atoms with Gasteiger partial charge in [0.05, 0.1) is 23.6 Å². The van der Waals surface area contributed by atoms with Crippen LogP contribution in [0, 0.1) is 0 Å². The summed E-state index contributed by atoms with van der Waals surface area (Å²) in [6.45, 7) is 16.1. The molecule has 0 unspecified atom stereocenters. The van der Waals surface area contributed by atoms with Gasteiger partial charge in [-0.2, -0.15) is 0 Å². The zero-order valence-corrected chi connectivity index (χ0v) is 56.8. The van der Waals surface area contributed by atoms with Crippen LogP contribution in [0.2, 0.25) is 0 Å². The van der Waals surface area contributed by atoms with E-state index in [0.717, 1.165) is 12.1 Å². The highest BCUT2D eigenvalue weighted by atomic mass is 79.9. The lowest BCUT2D eigenvalue weighted by Gasteiger charge is -2.42. The van der Waals surface area contributed by atoms with Crippen LogP contribution in [0.4, 0.5) is 16.2 Å². The number of rotatable bonds is 4. The number of nitrogens with one attached hydrogen (secondary N) is 1. The van der Waals surface area contributed by atoms with Crippen molar-refractivity contribution in [3.8, 4) is 0 Å².